The molecule has 1 unspecified atom stereocenters. The molecule has 0 radical (unpaired) electrons. The van der Waals surface area contributed by atoms with Crippen molar-refractivity contribution in [2.45, 2.75) is 25.1 Å². The molecule has 0 saturated carbocycles. The van der Waals surface area contributed by atoms with Crippen LogP contribution in [0.15, 0.2) is 24.3 Å². The second kappa shape index (κ2) is 6.55. The van der Waals surface area contributed by atoms with Crippen LogP contribution in [0, 0.1) is 0 Å². The molecule has 0 heterocycles. The number of hydrogen-bond donors (Lipinski definition) is 2. The molecule has 3 nitrogen and oxygen atoms in total. The fourth-order valence-electron chi connectivity index (χ4n) is 1.27. The van der Waals surface area contributed by atoms with Gasteiger partial charge < -0.3 is 11.5 Å². The van der Waals surface area contributed by atoms with Gasteiger partial charge in [0.05, 0.1) is 0 Å². The van der Waals surface area contributed by atoms with Gasteiger partial charge in [-0.1, -0.05) is 12.1 Å². The monoisotopic (exact) mass is 238 g/mol. The zero-order valence-electron chi connectivity index (χ0n) is 9.48. The maximum atomic E-state index is 11.0. The summed E-state index contributed by atoms with van der Waals surface area (Å²) >= 11 is 1.82. The summed E-state index contributed by atoms with van der Waals surface area (Å²) in [5.74, 6) is 1.56. The number of primary amides is 1. The van der Waals surface area contributed by atoms with E-state index in [1.807, 2.05) is 36.9 Å². The average molecular weight is 238 g/mol. The van der Waals surface area contributed by atoms with Gasteiger partial charge in [0.25, 0.3) is 0 Å². The molecule has 0 saturated heterocycles. The van der Waals surface area contributed by atoms with E-state index in [9.17, 15) is 4.79 Å². The Hall–Kier alpha value is -1.00. The summed E-state index contributed by atoms with van der Waals surface area (Å²) in [6.45, 7) is 2.01. The van der Waals surface area contributed by atoms with E-state index in [1.165, 1.54) is 0 Å². The number of benzene rings is 1. The van der Waals surface area contributed by atoms with E-state index in [0.29, 0.717) is 5.56 Å². The highest BCUT2D eigenvalue weighted by molar-refractivity contribution is 7.98. The molecule has 0 spiro atoms. The Morgan fingerprint density at radius 1 is 1.50 bits per heavy atom. The van der Waals surface area contributed by atoms with Gasteiger partial charge in [-0.2, -0.15) is 11.8 Å². The van der Waals surface area contributed by atoms with Gasteiger partial charge in [0.15, 0.2) is 0 Å². The standard InChI is InChI=1S/C12H18N2OS/c1-9(13)5-6-16-8-10-3-2-4-11(7-10)12(14)15/h2-4,7,9H,5-6,8,13H2,1H3,(H2,14,15). The number of carbonyl (C=O) groups is 1. The van der Waals surface area contributed by atoms with E-state index in [1.54, 1.807) is 6.07 Å². The fourth-order valence-corrected chi connectivity index (χ4v) is 2.37. The van der Waals surface area contributed by atoms with Gasteiger partial charge in [0.2, 0.25) is 5.91 Å². The summed E-state index contributed by atoms with van der Waals surface area (Å²) in [7, 11) is 0. The summed E-state index contributed by atoms with van der Waals surface area (Å²) in [4.78, 5) is 11.0. The topological polar surface area (TPSA) is 69.1 Å². The molecular weight excluding hydrogens is 220 g/mol. The maximum Gasteiger partial charge on any atom is 0.248 e. The predicted octanol–water partition coefficient (Wildman–Crippen LogP) is 1.76. The molecule has 16 heavy (non-hydrogen) atoms. The van der Waals surface area contributed by atoms with Crippen LogP contribution in [0.5, 0.6) is 0 Å². The first-order valence-electron chi connectivity index (χ1n) is 5.31. The van der Waals surface area contributed by atoms with Crippen LogP contribution in [0.2, 0.25) is 0 Å². The third-order valence-electron chi connectivity index (χ3n) is 2.20. The van der Waals surface area contributed by atoms with E-state index in [0.717, 1.165) is 23.5 Å². The van der Waals surface area contributed by atoms with Gasteiger partial charge in [-0.25, -0.2) is 0 Å². The highest BCUT2D eigenvalue weighted by Crippen LogP contribution is 2.14. The van der Waals surface area contributed by atoms with Gasteiger partial charge in [-0.05, 0) is 36.8 Å². The van der Waals surface area contributed by atoms with Crippen LogP contribution in [0.4, 0.5) is 0 Å². The van der Waals surface area contributed by atoms with E-state index < -0.39 is 0 Å². The molecular formula is C12H18N2OS. The van der Waals surface area contributed by atoms with Crippen molar-refractivity contribution in [2.75, 3.05) is 5.75 Å². The first-order valence-corrected chi connectivity index (χ1v) is 6.47. The lowest BCUT2D eigenvalue weighted by atomic mass is 10.1. The fraction of sp³-hybridized carbons (Fsp3) is 0.417. The van der Waals surface area contributed by atoms with Crippen molar-refractivity contribution in [2.24, 2.45) is 11.5 Å². The maximum absolute atomic E-state index is 11.0. The van der Waals surface area contributed by atoms with E-state index in [4.69, 9.17) is 11.5 Å². The summed E-state index contributed by atoms with van der Waals surface area (Å²) in [6, 6.07) is 7.71. The van der Waals surface area contributed by atoms with Crippen molar-refractivity contribution in [3.05, 3.63) is 35.4 Å². The van der Waals surface area contributed by atoms with Gasteiger partial charge in [0.1, 0.15) is 0 Å². The number of amides is 1. The number of thioether (sulfide) groups is 1. The summed E-state index contributed by atoms with van der Waals surface area (Å²) in [5, 5.41) is 0. The second-order valence-corrected chi connectivity index (χ2v) is 4.99. The smallest absolute Gasteiger partial charge is 0.248 e. The first kappa shape index (κ1) is 13.1. The first-order chi connectivity index (χ1) is 7.59. The van der Waals surface area contributed by atoms with Gasteiger partial charge in [-0.15, -0.1) is 0 Å². The molecule has 4 heteroatoms. The lowest BCUT2D eigenvalue weighted by Crippen LogP contribution is -2.15. The molecule has 0 aliphatic heterocycles. The average Bonchev–Trinajstić information content (AvgIpc) is 2.24. The third-order valence-corrected chi connectivity index (χ3v) is 3.26. The number of carbonyl (C=O) groups excluding carboxylic acids is 1. The normalized spacial score (nSPS) is 12.4. The van der Waals surface area contributed by atoms with Crippen LogP contribution in [0.3, 0.4) is 0 Å². The number of nitrogens with two attached hydrogens (primary N) is 2. The zero-order chi connectivity index (χ0) is 12.0. The Morgan fingerprint density at radius 2 is 2.25 bits per heavy atom. The van der Waals surface area contributed by atoms with Crippen molar-refractivity contribution in [3.63, 3.8) is 0 Å². The van der Waals surface area contributed by atoms with Crippen molar-refractivity contribution < 1.29 is 4.79 Å². The predicted molar refractivity (Wildman–Crippen MR) is 69.4 cm³/mol. The van der Waals surface area contributed by atoms with Gasteiger partial charge in [0, 0.05) is 17.4 Å². The van der Waals surface area contributed by atoms with Crippen LogP contribution in [-0.4, -0.2) is 17.7 Å². The molecule has 0 bridgehead atoms. The minimum Gasteiger partial charge on any atom is -0.366 e. The molecule has 0 fully saturated rings. The Labute approximate surface area is 101 Å². The quantitative estimate of drug-likeness (QED) is 0.742. The van der Waals surface area contributed by atoms with Crippen molar-refractivity contribution in [1.82, 2.24) is 0 Å². The molecule has 1 aromatic rings. The number of rotatable bonds is 6. The Bertz CT molecular complexity index is 353. The van der Waals surface area contributed by atoms with Crippen LogP contribution in [-0.2, 0) is 5.75 Å². The van der Waals surface area contributed by atoms with Crippen molar-refractivity contribution in [1.29, 1.82) is 0 Å². The molecule has 1 aromatic carbocycles. The summed E-state index contributed by atoms with van der Waals surface area (Å²) in [6.07, 6.45) is 1.01. The minimum atomic E-state index is -0.373. The lowest BCUT2D eigenvalue weighted by molar-refractivity contribution is 0.1000. The molecule has 4 N–H and O–H groups in total. The van der Waals surface area contributed by atoms with Crippen molar-refractivity contribution in [3.8, 4) is 0 Å². The molecule has 1 amide bonds. The Kier molecular flexibility index (Phi) is 5.35. The van der Waals surface area contributed by atoms with E-state index in [-0.39, 0.29) is 11.9 Å². The summed E-state index contributed by atoms with van der Waals surface area (Å²) < 4.78 is 0. The third kappa shape index (κ3) is 4.68. The number of hydrogen-bond acceptors (Lipinski definition) is 3. The van der Waals surface area contributed by atoms with Crippen LogP contribution >= 0.6 is 11.8 Å². The van der Waals surface area contributed by atoms with E-state index >= 15 is 0 Å². The lowest BCUT2D eigenvalue weighted by Gasteiger charge is -2.05. The van der Waals surface area contributed by atoms with Crippen molar-refractivity contribution >= 4 is 17.7 Å². The van der Waals surface area contributed by atoms with Crippen LogP contribution in [0.25, 0.3) is 0 Å². The Morgan fingerprint density at radius 3 is 2.88 bits per heavy atom. The molecule has 0 aromatic heterocycles. The second-order valence-electron chi connectivity index (χ2n) is 3.88. The largest absolute Gasteiger partial charge is 0.366 e. The molecule has 88 valence electrons. The van der Waals surface area contributed by atoms with Gasteiger partial charge in [-0.3, -0.25) is 4.79 Å². The minimum absolute atomic E-state index is 0.254. The Balaban J connectivity index is 2.42. The molecule has 1 atom stereocenters. The van der Waals surface area contributed by atoms with Crippen LogP contribution in [0.1, 0.15) is 29.3 Å². The van der Waals surface area contributed by atoms with Crippen LogP contribution < -0.4 is 11.5 Å². The highest BCUT2D eigenvalue weighted by atomic mass is 32.2. The highest BCUT2D eigenvalue weighted by Gasteiger charge is 2.01. The molecule has 1 rings (SSSR count). The zero-order valence-corrected chi connectivity index (χ0v) is 10.3. The summed E-state index contributed by atoms with van der Waals surface area (Å²) in [5.41, 5.74) is 12.6. The van der Waals surface area contributed by atoms with Gasteiger partial charge >= 0.3 is 0 Å². The molecule has 0 aliphatic rings. The molecule has 0 aliphatic carbocycles. The van der Waals surface area contributed by atoms with E-state index in [2.05, 4.69) is 0 Å². The SMILES string of the molecule is CC(N)CCSCc1cccc(C(N)=O)c1.